The van der Waals surface area contributed by atoms with E-state index in [1.165, 1.54) is 38.5 Å². The Bertz CT molecular complexity index is 156. The van der Waals surface area contributed by atoms with Gasteiger partial charge in [0.25, 0.3) is 0 Å². The monoisotopic (exact) mass is 292 g/mol. The third-order valence-corrected chi connectivity index (χ3v) is 3.07. The first-order chi connectivity index (χ1) is 7.85. The molecule has 0 aromatic carbocycles. The molecule has 0 rings (SSSR count). The fourth-order valence-corrected chi connectivity index (χ4v) is 1.84. The maximum atomic E-state index is 5.13. The minimum absolute atomic E-state index is 0.0190. The van der Waals surface area contributed by atoms with Crippen molar-refractivity contribution in [1.82, 2.24) is 0 Å². The number of hydrogen-bond donors (Lipinski definition) is 0. The first-order valence-electron chi connectivity index (χ1n) is 6.11. The van der Waals surface area contributed by atoms with Crippen LogP contribution < -0.4 is 0 Å². The Morgan fingerprint density at radius 2 is 1.56 bits per heavy atom. The summed E-state index contributed by atoms with van der Waals surface area (Å²) in [5, 5.41) is 1.10. The fraction of sp³-hybridized carbons (Fsp3) is 0.846. The van der Waals surface area contributed by atoms with Gasteiger partial charge >= 0.3 is 0 Å². The molecule has 0 unspecified atom stereocenters. The van der Waals surface area contributed by atoms with Crippen LogP contribution in [-0.2, 0) is 9.47 Å². The summed E-state index contributed by atoms with van der Waals surface area (Å²) in [5.74, 6) is 0. The van der Waals surface area contributed by atoms with Crippen molar-refractivity contribution in [2.75, 3.05) is 19.5 Å². The third kappa shape index (κ3) is 10.7. The quantitative estimate of drug-likeness (QED) is 0.245. The van der Waals surface area contributed by atoms with E-state index in [1.54, 1.807) is 14.2 Å². The van der Waals surface area contributed by atoms with Gasteiger partial charge in [0.05, 0.1) is 0 Å². The third-order valence-electron chi connectivity index (χ3n) is 2.51. The predicted octanol–water partition coefficient (Wildman–Crippen LogP) is 4.29. The predicted molar refractivity (Wildman–Crippen MR) is 73.1 cm³/mol. The molecule has 0 aliphatic rings. The fourth-order valence-electron chi connectivity index (χ4n) is 1.51. The van der Waals surface area contributed by atoms with E-state index in [9.17, 15) is 0 Å². The van der Waals surface area contributed by atoms with E-state index >= 15 is 0 Å². The van der Waals surface area contributed by atoms with Crippen LogP contribution in [0.1, 0.15) is 44.9 Å². The van der Waals surface area contributed by atoms with Gasteiger partial charge < -0.3 is 9.47 Å². The molecule has 0 heterocycles. The average molecular weight is 293 g/mol. The van der Waals surface area contributed by atoms with Crippen LogP contribution in [0.3, 0.4) is 0 Å². The number of hydrogen-bond acceptors (Lipinski definition) is 2. The van der Waals surface area contributed by atoms with Gasteiger partial charge in [-0.2, -0.15) is 0 Å². The molecule has 0 aromatic rings. The van der Waals surface area contributed by atoms with Gasteiger partial charge in [0.1, 0.15) is 0 Å². The van der Waals surface area contributed by atoms with E-state index < -0.39 is 0 Å². The van der Waals surface area contributed by atoms with E-state index in [-0.39, 0.29) is 6.29 Å². The van der Waals surface area contributed by atoms with Crippen molar-refractivity contribution in [2.45, 2.75) is 51.2 Å². The number of alkyl halides is 1. The van der Waals surface area contributed by atoms with Crippen molar-refractivity contribution in [3.8, 4) is 0 Å². The second-order valence-corrected chi connectivity index (χ2v) is 4.63. The molecular weight excluding hydrogens is 268 g/mol. The Morgan fingerprint density at radius 1 is 0.938 bits per heavy atom. The molecule has 0 amide bonds. The van der Waals surface area contributed by atoms with E-state index in [2.05, 4.69) is 28.1 Å². The van der Waals surface area contributed by atoms with E-state index in [0.717, 1.165) is 11.8 Å². The lowest BCUT2D eigenvalue weighted by Gasteiger charge is -2.12. The molecule has 0 radical (unpaired) electrons. The summed E-state index contributed by atoms with van der Waals surface area (Å²) in [5.41, 5.74) is 0. The number of methoxy groups -OCH3 is 2. The first-order valence-corrected chi connectivity index (χ1v) is 7.23. The van der Waals surface area contributed by atoms with Crippen LogP contribution >= 0.6 is 15.9 Å². The van der Waals surface area contributed by atoms with Crippen molar-refractivity contribution in [3.05, 3.63) is 12.2 Å². The number of allylic oxidation sites excluding steroid dienone is 2. The Kier molecular flexibility index (Phi) is 13.3. The topological polar surface area (TPSA) is 18.5 Å². The van der Waals surface area contributed by atoms with E-state index in [0.29, 0.717) is 0 Å². The summed E-state index contributed by atoms with van der Waals surface area (Å²) in [6.07, 6.45) is 12.9. The molecule has 16 heavy (non-hydrogen) atoms. The second-order valence-electron chi connectivity index (χ2n) is 3.84. The minimum Gasteiger partial charge on any atom is -0.356 e. The number of rotatable bonds is 11. The molecule has 96 valence electrons. The van der Waals surface area contributed by atoms with Gasteiger partial charge in [-0.05, 0) is 38.5 Å². The van der Waals surface area contributed by atoms with Gasteiger partial charge in [-0.1, -0.05) is 34.5 Å². The zero-order valence-corrected chi connectivity index (χ0v) is 12.2. The molecule has 0 bridgehead atoms. The summed E-state index contributed by atoms with van der Waals surface area (Å²) in [6, 6.07) is 0. The Morgan fingerprint density at radius 3 is 2.12 bits per heavy atom. The molecule has 0 spiro atoms. The number of halogens is 1. The number of ether oxygens (including phenoxy) is 2. The molecule has 3 heteroatoms. The van der Waals surface area contributed by atoms with Gasteiger partial charge in [-0.3, -0.25) is 0 Å². The van der Waals surface area contributed by atoms with Crippen LogP contribution in [0, 0.1) is 0 Å². The molecule has 0 N–H and O–H groups in total. The molecule has 0 fully saturated rings. The highest BCUT2D eigenvalue weighted by atomic mass is 79.9. The largest absolute Gasteiger partial charge is 0.356 e. The highest BCUT2D eigenvalue weighted by molar-refractivity contribution is 9.09. The van der Waals surface area contributed by atoms with Crippen molar-refractivity contribution < 1.29 is 9.47 Å². The second kappa shape index (κ2) is 13.2. The lowest BCUT2D eigenvalue weighted by molar-refractivity contribution is -0.107. The Balaban J connectivity index is 3.17. The van der Waals surface area contributed by atoms with E-state index in [1.807, 2.05) is 0 Å². The van der Waals surface area contributed by atoms with Crippen LogP contribution in [0.2, 0.25) is 0 Å². The van der Waals surface area contributed by atoms with Gasteiger partial charge in [-0.15, -0.1) is 0 Å². The van der Waals surface area contributed by atoms with Crippen LogP contribution in [-0.4, -0.2) is 25.8 Å². The molecule has 0 aliphatic carbocycles. The summed E-state index contributed by atoms with van der Waals surface area (Å²) >= 11 is 3.42. The van der Waals surface area contributed by atoms with Crippen molar-refractivity contribution >= 4 is 15.9 Å². The smallest absolute Gasteiger partial charge is 0.156 e. The van der Waals surface area contributed by atoms with Crippen LogP contribution in [0.15, 0.2) is 12.2 Å². The van der Waals surface area contributed by atoms with Crippen molar-refractivity contribution in [3.63, 3.8) is 0 Å². The zero-order valence-electron chi connectivity index (χ0n) is 10.6. The molecule has 0 saturated heterocycles. The van der Waals surface area contributed by atoms with Crippen LogP contribution in [0.4, 0.5) is 0 Å². The molecular formula is C13H25BrO2. The summed E-state index contributed by atoms with van der Waals surface area (Å²) in [6.45, 7) is 0. The minimum atomic E-state index is -0.0190. The maximum Gasteiger partial charge on any atom is 0.156 e. The van der Waals surface area contributed by atoms with Crippen molar-refractivity contribution in [2.24, 2.45) is 0 Å². The molecule has 0 saturated carbocycles. The summed E-state index contributed by atoms with van der Waals surface area (Å²) in [4.78, 5) is 0. The summed E-state index contributed by atoms with van der Waals surface area (Å²) < 4.78 is 10.3. The molecule has 0 aliphatic heterocycles. The normalized spacial score (nSPS) is 11.8. The first kappa shape index (κ1) is 16.1. The van der Waals surface area contributed by atoms with Gasteiger partial charge in [-0.25, -0.2) is 0 Å². The molecule has 0 atom stereocenters. The lowest BCUT2D eigenvalue weighted by atomic mass is 10.1. The lowest BCUT2D eigenvalue weighted by Crippen LogP contribution is -2.12. The standard InChI is InChI=1S/C13H25BrO2/c1-15-13(16-2)11-9-7-5-3-4-6-8-10-12-14/h4,6,13H,3,5,7-12H2,1-2H3/b6-4-. The highest BCUT2D eigenvalue weighted by Gasteiger charge is 2.02. The average Bonchev–Trinajstić information content (AvgIpc) is 2.32. The van der Waals surface area contributed by atoms with Gasteiger partial charge in [0.2, 0.25) is 0 Å². The molecule has 0 aromatic heterocycles. The zero-order chi connectivity index (χ0) is 12.1. The highest BCUT2D eigenvalue weighted by Crippen LogP contribution is 2.08. The van der Waals surface area contributed by atoms with Crippen LogP contribution in [0.5, 0.6) is 0 Å². The van der Waals surface area contributed by atoms with Crippen LogP contribution in [0.25, 0.3) is 0 Å². The Hall–Kier alpha value is 0.140. The SMILES string of the molecule is COC(CCCCC/C=C\CCCBr)OC. The van der Waals surface area contributed by atoms with Gasteiger partial charge in [0.15, 0.2) is 6.29 Å². The van der Waals surface area contributed by atoms with Crippen molar-refractivity contribution in [1.29, 1.82) is 0 Å². The Labute approximate surface area is 109 Å². The number of unbranched alkanes of at least 4 members (excludes halogenated alkanes) is 4. The molecule has 2 nitrogen and oxygen atoms in total. The maximum absolute atomic E-state index is 5.13. The summed E-state index contributed by atoms with van der Waals surface area (Å²) in [7, 11) is 3.39. The van der Waals surface area contributed by atoms with Gasteiger partial charge in [0, 0.05) is 19.5 Å². The van der Waals surface area contributed by atoms with E-state index in [4.69, 9.17) is 9.47 Å².